The highest BCUT2D eigenvalue weighted by Crippen LogP contribution is 2.27. The van der Waals surface area contributed by atoms with Gasteiger partial charge in [-0.25, -0.2) is 9.97 Å². The summed E-state index contributed by atoms with van der Waals surface area (Å²) in [4.78, 5) is 11.5. The maximum absolute atomic E-state index is 5.17. The van der Waals surface area contributed by atoms with Crippen LogP contribution < -0.4 is 0 Å². The molecule has 4 nitrogen and oxygen atoms in total. The minimum Gasteiger partial charge on any atom is -0.472 e. The lowest BCUT2D eigenvalue weighted by Gasteiger charge is -2.18. The van der Waals surface area contributed by atoms with Crippen LogP contribution in [0.4, 0.5) is 0 Å². The Morgan fingerprint density at radius 3 is 2.95 bits per heavy atom. The largest absolute Gasteiger partial charge is 0.472 e. The van der Waals surface area contributed by atoms with Gasteiger partial charge in [0.15, 0.2) is 0 Å². The fourth-order valence-electron chi connectivity index (χ4n) is 3.02. The van der Waals surface area contributed by atoms with Crippen molar-refractivity contribution >= 4 is 11.3 Å². The molecule has 0 radical (unpaired) electrons. The third kappa shape index (κ3) is 2.69. The van der Waals surface area contributed by atoms with Gasteiger partial charge in [0.2, 0.25) is 0 Å². The van der Waals surface area contributed by atoms with Crippen molar-refractivity contribution in [2.75, 3.05) is 13.1 Å². The molecule has 4 rings (SSSR count). The Morgan fingerprint density at radius 2 is 2.14 bits per heavy atom. The molecule has 112 valence electrons. The first kappa shape index (κ1) is 13.7. The van der Waals surface area contributed by atoms with Gasteiger partial charge in [0.1, 0.15) is 6.33 Å². The van der Waals surface area contributed by atoms with Crippen LogP contribution in [0.25, 0.3) is 11.3 Å². The average Bonchev–Trinajstić information content (AvgIpc) is 3.20. The number of rotatable bonds is 3. The quantitative estimate of drug-likeness (QED) is 0.743. The second kappa shape index (κ2) is 6.02. The number of furan rings is 1. The summed E-state index contributed by atoms with van der Waals surface area (Å²) in [5.41, 5.74) is 6.07. The van der Waals surface area contributed by atoms with E-state index >= 15 is 0 Å². The highest BCUT2D eigenvalue weighted by atomic mass is 32.1. The smallest absolute Gasteiger partial charge is 0.116 e. The molecule has 22 heavy (non-hydrogen) atoms. The molecule has 1 aliphatic rings. The van der Waals surface area contributed by atoms with E-state index in [0.717, 1.165) is 38.2 Å². The molecule has 0 bridgehead atoms. The molecule has 0 aromatic carbocycles. The zero-order valence-corrected chi connectivity index (χ0v) is 13.1. The van der Waals surface area contributed by atoms with Gasteiger partial charge in [-0.05, 0) is 23.9 Å². The van der Waals surface area contributed by atoms with Crippen molar-refractivity contribution in [3.63, 3.8) is 0 Å². The molecular formula is C17H17N3OS. The summed E-state index contributed by atoms with van der Waals surface area (Å²) >= 11 is 1.71. The Hall–Kier alpha value is -1.98. The summed E-state index contributed by atoms with van der Waals surface area (Å²) in [6.45, 7) is 2.99. The van der Waals surface area contributed by atoms with E-state index in [0.29, 0.717) is 0 Å². The van der Waals surface area contributed by atoms with Gasteiger partial charge in [0.25, 0.3) is 0 Å². The Labute approximate surface area is 133 Å². The molecule has 0 N–H and O–H groups in total. The fourth-order valence-corrected chi connectivity index (χ4v) is 3.66. The van der Waals surface area contributed by atoms with E-state index < -0.39 is 0 Å². The van der Waals surface area contributed by atoms with Gasteiger partial charge in [-0.1, -0.05) is 0 Å². The van der Waals surface area contributed by atoms with Crippen LogP contribution in [-0.4, -0.2) is 28.0 Å². The minimum atomic E-state index is 0.936. The lowest BCUT2D eigenvalue weighted by Crippen LogP contribution is -2.25. The molecular weight excluding hydrogens is 294 g/mol. The van der Waals surface area contributed by atoms with Crippen LogP contribution in [0.1, 0.15) is 16.8 Å². The summed E-state index contributed by atoms with van der Waals surface area (Å²) < 4.78 is 5.17. The van der Waals surface area contributed by atoms with Gasteiger partial charge in [-0.2, -0.15) is 11.3 Å². The van der Waals surface area contributed by atoms with Gasteiger partial charge in [-0.3, -0.25) is 4.90 Å². The monoisotopic (exact) mass is 311 g/mol. The fraction of sp³-hybridized carbons (Fsp3) is 0.294. The molecule has 0 spiro atoms. The van der Waals surface area contributed by atoms with E-state index in [1.165, 1.54) is 22.4 Å². The van der Waals surface area contributed by atoms with Crippen LogP contribution >= 0.6 is 11.3 Å². The van der Waals surface area contributed by atoms with E-state index in [1.807, 2.05) is 12.3 Å². The number of fused-ring (bicyclic) bond motifs is 1. The molecule has 0 saturated heterocycles. The van der Waals surface area contributed by atoms with Crippen LogP contribution in [0.15, 0.2) is 46.2 Å². The molecule has 0 amide bonds. The molecule has 0 fully saturated rings. The highest BCUT2D eigenvalue weighted by Gasteiger charge is 2.19. The molecule has 5 heteroatoms. The summed E-state index contributed by atoms with van der Waals surface area (Å²) in [5, 5.41) is 4.27. The van der Waals surface area contributed by atoms with E-state index in [-0.39, 0.29) is 0 Å². The summed E-state index contributed by atoms with van der Waals surface area (Å²) in [7, 11) is 0. The number of aromatic nitrogens is 2. The van der Waals surface area contributed by atoms with E-state index in [1.54, 1.807) is 23.9 Å². The van der Waals surface area contributed by atoms with Crippen molar-refractivity contribution in [3.8, 4) is 11.3 Å². The molecule has 0 saturated carbocycles. The minimum absolute atomic E-state index is 0.936. The molecule has 3 aromatic heterocycles. The van der Waals surface area contributed by atoms with Crippen LogP contribution in [0.2, 0.25) is 0 Å². The van der Waals surface area contributed by atoms with Crippen LogP contribution in [0.3, 0.4) is 0 Å². The summed E-state index contributed by atoms with van der Waals surface area (Å²) in [5.74, 6) is 0. The molecule has 4 heterocycles. The third-order valence-electron chi connectivity index (χ3n) is 4.16. The van der Waals surface area contributed by atoms with Crippen LogP contribution in [-0.2, 0) is 19.4 Å². The number of hydrogen-bond donors (Lipinski definition) is 0. The first-order chi connectivity index (χ1) is 10.9. The second-order valence-electron chi connectivity index (χ2n) is 5.57. The standard InChI is InChI=1S/C17H17N3OS/c1-5-20(9-13-3-7-21-10-13)6-2-16-15(1)17(19-12-18-16)14-4-8-22-11-14/h3-4,7-8,10-12H,1-2,5-6,9H2. The molecule has 0 unspecified atom stereocenters. The van der Waals surface area contributed by atoms with Gasteiger partial charge >= 0.3 is 0 Å². The Morgan fingerprint density at radius 1 is 1.18 bits per heavy atom. The number of nitrogens with zero attached hydrogens (tertiary/aromatic N) is 3. The van der Waals surface area contributed by atoms with Gasteiger partial charge < -0.3 is 4.42 Å². The Bertz CT molecular complexity index is 737. The first-order valence-electron chi connectivity index (χ1n) is 7.49. The predicted molar refractivity (Wildman–Crippen MR) is 86.7 cm³/mol. The molecule has 3 aromatic rings. The maximum atomic E-state index is 5.17. The topological polar surface area (TPSA) is 42.2 Å². The Balaban J connectivity index is 1.58. The van der Waals surface area contributed by atoms with E-state index in [2.05, 4.69) is 31.7 Å². The van der Waals surface area contributed by atoms with Gasteiger partial charge in [0, 0.05) is 53.8 Å². The SMILES string of the molecule is c1nc2c(c(-c3ccsc3)n1)CCN(Cc1ccoc1)CC2. The molecule has 0 atom stereocenters. The zero-order valence-electron chi connectivity index (χ0n) is 12.2. The number of hydrogen-bond acceptors (Lipinski definition) is 5. The molecule has 0 aliphatic carbocycles. The lowest BCUT2D eigenvalue weighted by molar-refractivity contribution is 0.278. The van der Waals surface area contributed by atoms with Crippen molar-refractivity contribution in [3.05, 3.63) is 58.6 Å². The van der Waals surface area contributed by atoms with Crippen molar-refractivity contribution in [2.24, 2.45) is 0 Å². The third-order valence-corrected chi connectivity index (χ3v) is 4.84. The molecule has 1 aliphatic heterocycles. The lowest BCUT2D eigenvalue weighted by atomic mass is 10.0. The number of thiophene rings is 1. The van der Waals surface area contributed by atoms with Crippen molar-refractivity contribution in [1.82, 2.24) is 14.9 Å². The normalized spacial score (nSPS) is 15.5. The zero-order chi connectivity index (χ0) is 14.8. The second-order valence-corrected chi connectivity index (χ2v) is 6.35. The first-order valence-corrected chi connectivity index (χ1v) is 8.43. The van der Waals surface area contributed by atoms with Crippen molar-refractivity contribution in [1.29, 1.82) is 0 Å². The average molecular weight is 311 g/mol. The van der Waals surface area contributed by atoms with Gasteiger partial charge in [0.05, 0.1) is 18.2 Å². The van der Waals surface area contributed by atoms with Gasteiger partial charge in [-0.15, -0.1) is 0 Å². The summed E-state index contributed by atoms with van der Waals surface area (Å²) in [6.07, 6.45) is 7.25. The highest BCUT2D eigenvalue weighted by molar-refractivity contribution is 7.08. The maximum Gasteiger partial charge on any atom is 0.116 e. The van der Waals surface area contributed by atoms with Crippen LogP contribution in [0.5, 0.6) is 0 Å². The Kier molecular flexibility index (Phi) is 3.74. The predicted octanol–water partition coefficient (Wildman–Crippen LogP) is 3.40. The van der Waals surface area contributed by atoms with Crippen LogP contribution in [0, 0.1) is 0 Å². The van der Waals surface area contributed by atoms with E-state index in [4.69, 9.17) is 4.42 Å². The van der Waals surface area contributed by atoms with E-state index in [9.17, 15) is 0 Å². The van der Waals surface area contributed by atoms with Crippen molar-refractivity contribution < 1.29 is 4.42 Å². The summed E-state index contributed by atoms with van der Waals surface area (Å²) in [6, 6.07) is 4.18. The van der Waals surface area contributed by atoms with Crippen molar-refractivity contribution in [2.45, 2.75) is 19.4 Å².